The van der Waals surface area contributed by atoms with E-state index in [1.165, 1.54) is 0 Å². The summed E-state index contributed by atoms with van der Waals surface area (Å²) >= 11 is 0. The third kappa shape index (κ3) is 2.41. The van der Waals surface area contributed by atoms with Gasteiger partial charge in [-0.15, -0.1) is 0 Å². The van der Waals surface area contributed by atoms with Crippen molar-refractivity contribution in [1.29, 1.82) is 0 Å². The van der Waals surface area contributed by atoms with Crippen LogP contribution in [0, 0.1) is 19.8 Å². The predicted molar refractivity (Wildman–Crippen MR) is 96.5 cm³/mol. The molecule has 0 spiro atoms. The predicted octanol–water partition coefficient (Wildman–Crippen LogP) is 3.71. The van der Waals surface area contributed by atoms with E-state index in [2.05, 4.69) is 4.98 Å². The van der Waals surface area contributed by atoms with Crippen molar-refractivity contribution in [2.75, 3.05) is 4.90 Å². The highest BCUT2D eigenvalue weighted by atomic mass is 16.2. The van der Waals surface area contributed by atoms with Crippen molar-refractivity contribution in [2.24, 2.45) is 5.92 Å². The number of allylic oxidation sites excluding steroid dienone is 3. The van der Waals surface area contributed by atoms with Gasteiger partial charge in [-0.2, -0.15) is 0 Å². The van der Waals surface area contributed by atoms with Crippen LogP contribution >= 0.6 is 0 Å². The van der Waals surface area contributed by atoms with Gasteiger partial charge in [0.25, 0.3) is 5.91 Å². The van der Waals surface area contributed by atoms with E-state index in [0.717, 1.165) is 16.7 Å². The Morgan fingerprint density at radius 3 is 2.60 bits per heavy atom. The van der Waals surface area contributed by atoms with E-state index >= 15 is 0 Å². The number of rotatable bonds is 2. The van der Waals surface area contributed by atoms with E-state index < -0.39 is 5.92 Å². The summed E-state index contributed by atoms with van der Waals surface area (Å²) in [4.78, 5) is 31.6. The van der Waals surface area contributed by atoms with Crippen LogP contribution in [0.25, 0.3) is 0 Å². The van der Waals surface area contributed by atoms with Crippen LogP contribution in [0.5, 0.6) is 0 Å². The van der Waals surface area contributed by atoms with Gasteiger partial charge in [0.15, 0.2) is 5.78 Å². The fourth-order valence-electron chi connectivity index (χ4n) is 3.59. The van der Waals surface area contributed by atoms with Gasteiger partial charge < -0.3 is 0 Å². The number of pyridine rings is 1. The highest BCUT2D eigenvalue weighted by Gasteiger charge is 2.43. The molecule has 1 aromatic heterocycles. The number of benzene rings is 1. The zero-order chi connectivity index (χ0) is 17.6. The van der Waals surface area contributed by atoms with Crippen molar-refractivity contribution in [3.63, 3.8) is 0 Å². The van der Waals surface area contributed by atoms with Crippen LogP contribution < -0.4 is 4.90 Å². The summed E-state index contributed by atoms with van der Waals surface area (Å²) < 4.78 is 0. The van der Waals surface area contributed by atoms with Gasteiger partial charge >= 0.3 is 0 Å². The molecule has 2 atom stereocenters. The highest BCUT2D eigenvalue weighted by Crippen LogP contribution is 2.43. The molecule has 1 amide bonds. The van der Waals surface area contributed by atoms with Crippen molar-refractivity contribution in [3.05, 3.63) is 83.2 Å². The second-order valence-corrected chi connectivity index (χ2v) is 6.53. The molecule has 1 aliphatic heterocycles. The Balaban J connectivity index is 1.92. The first-order valence-corrected chi connectivity index (χ1v) is 8.31. The number of ketones is 1. The Morgan fingerprint density at radius 1 is 1.08 bits per heavy atom. The van der Waals surface area contributed by atoms with Crippen molar-refractivity contribution >= 4 is 17.4 Å². The SMILES string of the molecule is Cc1cc2c(cc1C)C(C1C=CC=CC1=O)N(c1cccnc1)C2=O. The minimum absolute atomic E-state index is 0.0141. The molecule has 0 radical (unpaired) electrons. The van der Waals surface area contributed by atoms with E-state index in [1.807, 2.05) is 44.2 Å². The molecule has 2 aromatic rings. The molecule has 4 rings (SSSR count). The largest absolute Gasteiger partial charge is 0.298 e. The summed E-state index contributed by atoms with van der Waals surface area (Å²) in [7, 11) is 0. The monoisotopic (exact) mass is 330 g/mol. The highest BCUT2D eigenvalue weighted by molar-refractivity contribution is 6.12. The molecule has 0 saturated heterocycles. The molecule has 0 saturated carbocycles. The molecule has 2 aliphatic rings. The Hall–Kier alpha value is -3.01. The van der Waals surface area contributed by atoms with Gasteiger partial charge in [0, 0.05) is 11.8 Å². The number of fused-ring (bicyclic) bond motifs is 1. The van der Waals surface area contributed by atoms with E-state index in [4.69, 9.17) is 0 Å². The summed E-state index contributed by atoms with van der Waals surface area (Å²) in [6.07, 6.45) is 10.4. The summed E-state index contributed by atoms with van der Waals surface area (Å²) in [5.41, 5.74) is 4.49. The maximum Gasteiger partial charge on any atom is 0.259 e. The molecule has 1 aliphatic carbocycles. The average molecular weight is 330 g/mol. The first-order valence-electron chi connectivity index (χ1n) is 8.31. The Bertz CT molecular complexity index is 928. The molecule has 4 nitrogen and oxygen atoms in total. The van der Waals surface area contributed by atoms with Gasteiger partial charge in [-0.1, -0.05) is 24.3 Å². The molecule has 2 unspecified atom stereocenters. The molecule has 1 aromatic carbocycles. The number of nitrogens with zero attached hydrogens (tertiary/aromatic N) is 2. The molecule has 124 valence electrons. The van der Waals surface area contributed by atoms with Gasteiger partial charge in [0.2, 0.25) is 0 Å². The standard InChI is InChI=1S/C21H18N2O2/c1-13-10-17-18(11-14(13)2)21(25)23(15-6-5-9-22-12-15)20(17)16-7-3-4-8-19(16)24/h3-12,16,20H,1-2H3. The average Bonchev–Trinajstić information content (AvgIpc) is 2.89. The van der Waals surface area contributed by atoms with Gasteiger partial charge in [-0.25, -0.2) is 0 Å². The Labute approximate surface area is 146 Å². The first-order chi connectivity index (χ1) is 12.1. The smallest absolute Gasteiger partial charge is 0.259 e. The third-order valence-corrected chi connectivity index (χ3v) is 4.99. The summed E-state index contributed by atoms with van der Waals surface area (Å²) in [6, 6.07) is 7.29. The summed E-state index contributed by atoms with van der Waals surface area (Å²) in [6.45, 7) is 4.03. The maximum atomic E-state index is 13.2. The van der Waals surface area contributed by atoms with Gasteiger partial charge in [-0.3, -0.25) is 19.5 Å². The Morgan fingerprint density at radius 2 is 1.88 bits per heavy atom. The van der Waals surface area contributed by atoms with Crippen LogP contribution in [-0.2, 0) is 4.79 Å². The number of carbonyl (C=O) groups is 2. The van der Waals surface area contributed by atoms with Crippen LogP contribution in [-0.4, -0.2) is 16.7 Å². The van der Waals surface area contributed by atoms with Gasteiger partial charge in [-0.05, 0) is 54.8 Å². The lowest BCUT2D eigenvalue weighted by Crippen LogP contribution is -2.35. The van der Waals surface area contributed by atoms with E-state index in [1.54, 1.807) is 35.5 Å². The lowest BCUT2D eigenvalue weighted by atomic mass is 9.85. The fraction of sp³-hybridized carbons (Fsp3) is 0.190. The zero-order valence-corrected chi connectivity index (χ0v) is 14.1. The number of aromatic nitrogens is 1. The van der Waals surface area contributed by atoms with E-state index in [9.17, 15) is 9.59 Å². The molecule has 0 bridgehead atoms. The first kappa shape index (κ1) is 15.5. The quantitative estimate of drug-likeness (QED) is 0.843. The number of amides is 1. The minimum Gasteiger partial charge on any atom is -0.298 e. The molecule has 0 N–H and O–H groups in total. The van der Waals surface area contributed by atoms with Crippen molar-refractivity contribution in [3.8, 4) is 0 Å². The van der Waals surface area contributed by atoms with Crippen LogP contribution in [0.2, 0.25) is 0 Å². The maximum absolute atomic E-state index is 13.2. The van der Waals surface area contributed by atoms with Crippen LogP contribution in [0.15, 0.2) is 61.0 Å². The molecular weight excluding hydrogens is 312 g/mol. The molecular formula is C21H18N2O2. The fourth-order valence-corrected chi connectivity index (χ4v) is 3.59. The molecule has 2 heterocycles. The van der Waals surface area contributed by atoms with Crippen molar-refractivity contribution < 1.29 is 9.59 Å². The second-order valence-electron chi connectivity index (χ2n) is 6.53. The topological polar surface area (TPSA) is 50.3 Å². The summed E-state index contributed by atoms with van der Waals surface area (Å²) in [5, 5.41) is 0. The van der Waals surface area contributed by atoms with Gasteiger partial charge in [0.05, 0.1) is 23.8 Å². The normalized spacial score (nSPS) is 21.8. The number of anilines is 1. The van der Waals surface area contributed by atoms with Gasteiger partial charge in [0.1, 0.15) is 0 Å². The van der Waals surface area contributed by atoms with Crippen LogP contribution in [0.1, 0.15) is 33.1 Å². The molecule has 0 fully saturated rings. The number of carbonyl (C=O) groups excluding carboxylic acids is 2. The number of hydrogen-bond acceptors (Lipinski definition) is 3. The number of hydrogen-bond donors (Lipinski definition) is 0. The minimum atomic E-state index is -0.391. The van der Waals surface area contributed by atoms with Crippen molar-refractivity contribution in [2.45, 2.75) is 19.9 Å². The third-order valence-electron chi connectivity index (χ3n) is 4.99. The lowest BCUT2D eigenvalue weighted by molar-refractivity contribution is -0.117. The van der Waals surface area contributed by atoms with Crippen LogP contribution in [0.4, 0.5) is 5.69 Å². The van der Waals surface area contributed by atoms with E-state index in [0.29, 0.717) is 11.3 Å². The molecule has 4 heteroatoms. The molecule has 25 heavy (non-hydrogen) atoms. The second kappa shape index (κ2) is 5.81. The number of aryl methyl sites for hydroxylation is 2. The summed E-state index contributed by atoms with van der Waals surface area (Å²) in [5.74, 6) is -0.454. The lowest BCUT2D eigenvalue weighted by Gasteiger charge is -2.30. The Kier molecular flexibility index (Phi) is 3.61. The van der Waals surface area contributed by atoms with Crippen molar-refractivity contribution in [1.82, 2.24) is 4.98 Å². The zero-order valence-electron chi connectivity index (χ0n) is 14.1. The van der Waals surface area contributed by atoms with Crippen LogP contribution in [0.3, 0.4) is 0 Å². The van der Waals surface area contributed by atoms with E-state index in [-0.39, 0.29) is 17.7 Å².